The number of fused-ring (bicyclic) bond motifs is 2. The van der Waals surface area contributed by atoms with Crippen LogP contribution in [-0.2, 0) is 9.53 Å². The zero-order chi connectivity index (χ0) is 11.8. The number of carbonyl (C=O) groups is 1. The molecule has 1 N–H and O–H groups in total. The van der Waals surface area contributed by atoms with E-state index < -0.39 is 0 Å². The van der Waals surface area contributed by atoms with Crippen molar-refractivity contribution in [1.29, 1.82) is 0 Å². The second kappa shape index (κ2) is 4.27. The van der Waals surface area contributed by atoms with Gasteiger partial charge >= 0.3 is 0 Å². The fraction of sp³-hybridized carbons (Fsp3) is 0.500. The van der Waals surface area contributed by atoms with Crippen LogP contribution in [-0.4, -0.2) is 23.1 Å². The van der Waals surface area contributed by atoms with Gasteiger partial charge in [0.05, 0.1) is 23.1 Å². The summed E-state index contributed by atoms with van der Waals surface area (Å²) in [5.74, 6) is 0.528. The van der Waals surface area contributed by atoms with E-state index in [-0.39, 0.29) is 24.0 Å². The second-order valence-corrected chi connectivity index (χ2v) is 5.00. The van der Waals surface area contributed by atoms with Crippen LogP contribution >= 0.6 is 11.6 Å². The number of nitrogens with zero attached hydrogens (tertiary/aromatic N) is 1. The summed E-state index contributed by atoms with van der Waals surface area (Å²) in [5.41, 5.74) is 0. The van der Waals surface area contributed by atoms with Gasteiger partial charge in [-0.3, -0.25) is 4.79 Å². The van der Waals surface area contributed by atoms with Gasteiger partial charge in [0.1, 0.15) is 5.82 Å². The lowest BCUT2D eigenvalue weighted by atomic mass is 9.88. The van der Waals surface area contributed by atoms with Crippen LogP contribution in [0.1, 0.15) is 19.3 Å². The molecule has 90 valence electrons. The van der Waals surface area contributed by atoms with E-state index in [2.05, 4.69) is 10.3 Å². The van der Waals surface area contributed by atoms with Crippen LogP contribution in [0.5, 0.6) is 0 Å². The van der Waals surface area contributed by atoms with Crippen molar-refractivity contribution in [3.63, 3.8) is 0 Å². The molecule has 2 aliphatic rings. The van der Waals surface area contributed by atoms with Crippen molar-refractivity contribution < 1.29 is 9.53 Å². The first-order chi connectivity index (χ1) is 8.22. The Morgan fingerprint density at radius 3 is 2.94 bits per heavy atom. The van der Waals surface area contributed by atoms with E-state index in [0.717, 1.165) is 19.3 Å². The molecule has 0 saturated carbocycles. The van der Waals surface area contributed by atoms with Crippen molar-refractivity contribution in [2.75, 3.05) is 5.32 Å². The Morgan fingerprint density at radius 1 is 1.47 bits per heavy atom. The molecule has 3 rings (SSSR count). The molecule has 3 atom stereocenters. The lowest BCUT2D eigenvalue weighted by molar-refractivity contribution is -0.121. The van der Waals surface area contributed by atoms with Gasteiger partial charge < -0.3 is 10.1 Å². The number of hydrogen-bond acceptors (Lipinski definition) is 3. The third-order valence-electron chi connectivity index (χ3n) is 3.42. The molecule has 1 aromatic rings. The van der Waals surface area contributed by atoms with E-state index in [0.29, 0.717) is 10.8 Å². The van der Waals surface area contributed by atoms with E-state index in [1.807, 2.05) is 0 Å². The summed E-state index contributed by atoms with van der Waals surface area (Å²) in [7, 11) is 0. The normalized spacial score (nSPS) is 30.5. The van der Waals surface area contributed by atoms with Crippen LogP contribution < -0.4 is 5.32 Å². The zero-order valence-corrected chi connectivity index (χ0v) is 9.98. The molecule has 17 heavy (non-hydrogen) atoms. The minimum atomic E-state index is -0.0220. The monoisotopic (exact) mass is 252 g/mol. The minimum absolute atomic E-state index is 0.00650. The number of aromatic nitrogens is 1. The van der Waals surface area contributed by atoms with Crippen molar-refractivity contribution in [2.24, 2.45) is 5.92 Å². The van der Waals surface area contributed by atoms with E-state index >= 15 is 0 Å². The van der Waals surface area contributed by atoms with Gasteiger partial charge in [-0.25, -0.2) is 4.98 Å². The summed E-state index contributed by atoms with van der Waals surface area (Å²) in [4.78, 5) is 16.1. The molecule has 2 saturated heterocycles. The maximum absolute atomic E-state index is 12.0. The van der Waals surface area contributed by atoms with Crippen molar-refractivity contribution in [3.8, 4) is 0 Å². The number of nitrogens with one attached hydrogen (secondary N) is 1. The van der Waals surface area contributed by atoms with Crippen LogP contribution in [0.4, 0.5) is 5.82 Å². The highest BCUT2D eigenvalue weighted by Crippen LogP contribution is 2.39. The highest BCUT2D eigenvalue weighted by Gasteiger charge is 2.44. The van der Waals surface area contributed by atoms with Crippen molar-refractivity contribution in [3.05, 3.63) is 23.4 Å². The van der Waals surface area contributed by atoms with Gasteiger partial charge in [-0.1, -0.05) is 11.6 Å². The number of anilines is 1. The van der Waals surface area contributed by atoms with Crippen LogP contribution in [0.15, 0.2) is 18.3 Å². The van der Waals surface area contributed by atoms with Crippen molar-refractivity contribution >= 4 is 23.3 Å². The standard InChI is InChI=1S/C12H13ClN2O2/c13-7-1-4-11(14-6-7)15-12(16)9-5-8-2-3-10(9)17-8/h1,4,6,8-10H,2-3,5H2,(H,14,15,16). The first-order valence-electron chi connectivity index (χ1n) is 5.80. The molecule has 2 aliphatic heterocycles. The Hall–Kier alpha value is -1.13. The van der Waals surface area contributed by atoms with Gasteiger partial charge in [0.15, 0.2) is 0 Å². The molecule has 3 unspecified atom stereocenters. The molecule has 2 fully saturated rings. The molecule has 0 aromatic carbocycles. The number of carbonyl (C=O) groups excluding carboxylic acids is 1. The van der Waals surface area contributed by atoms with Gasteiger partial charge in [0, 0.05) is 6.20 Å². The smallest absolute Gasteiger partial charge is 0.231 e. The lowest BCUT2D eigenvalue weighted by Gasteiger charge is -2.17. The highest BCUT2D eigenvalue weighted by atomic mass is 35.5. The predicted octanol–water partition coefficient (Wildman–Crippen LogP) is 2.24. The van der Waals surface area contributed by atoms with Gasteiger partial charge in [0.2, 0.25) is 5.91 Å². The number of ether oxygens (including phenoxy) is 1. The van der Waals surface area contributed by atoms with Crippen LogP contribution in [0.3, 0.4) is 0 Å². The van der Waals surface area contributed by atoms with Gasteiger partial charge in [-0.2, -0.15) is 0 Å². The molecule has 0 radical (unpaired) electrons. The Labute approximate surface area is 104 Å². The number of rotatable bonds is 2. The summed E-state index contributed by atoms with van der Waals surface area (Å²) in [6.07, 6.45) is 4.84. The van der Waals surface area contributed by atoms with Crippen LogP contribution in [0.25, 0.3) is 0 Å². The number of hydrogen-bond donors (Lipinski definition) is 1. The minimum Gasteiger partial charge on any atom is -0.374 e. The second-order valence-electron chi connectivity index (χ2n) is 4.57. The first kappa shape index (κ1) is 11.0. The molecular formula is C12H13ClN2O2. The lowest BCUT2D eigenvalue weighted by Crippen LogP contribution is -2.30. The predicted molar refractivity (Wildman–Crippen MR) is 63.9 cm³/mol. The largest absolute Gasteiger partial charge is 0.374 e. The van der Waals surface area contributed by atoms with Crippen molar-refractivity contribution in [2.45, 2.75) is 31.5 Å². The van der Waals surface area contributed by atoms with E-state index in [4.69, 9.17) is 16.3 Å². The molecule has 1 amide bonds. The SMILES string of the molecule is O=C(Nc1ccc(Cl)cn1)C1CC2CCC1O2. The average Bonchev–Trinajstić information content (AvgIpc) is 2.94. The number of pyridine rings is 1. The molecule has 5 heteroatoms. The molecule has 2 bridgehead atoms. The van der Waals surface area contributed by atoms with E-state index in [1.54, 1.807) is 12.1 Å². The van der Waals surface area contributed by atoms with Crippen LogP contribution in [0.2, 0.25) is 5.02 Å². The summed E-state index contributed by atoms with van der Waals surface area (Å²) < 4.78 is 5.66. The van der Waals surface area contributed by atoms with Gasteiger partial charge in [-0.05, 0) is 31.4 Å². The van der Waals surface area contributed by atoms with E-state index in [9.17, 15) is 4.79 Å². The molecule has 3 heterocycles. The summed E-state index contributed by atoms with van der Waals surface area (Å²) in [6.45, 7) is 0. The van der Waals surface area contributed by atoms with Gasteiger partial charge in [0.25, 0.3) is 0 Å². The maximum Gasteiger partial charge on any atom is 0.231 e. The first-order valence-corrected chi connectivity index (χ1v) is 6.18. The fourth-order valence-electron chi connectivity index (χ4n) is 2.58. The maximum atomic E-state index is 12.0. The molecule has 1 aromatic heterocycles. The third kappa shape index (κ3) is 2.15. The van der Waals surface area contributed by atoms with Crippen LogP contribution in [0, 0.1) is 5.92 Å². The number of amides is 1. The number of halogens is 1. The molecule has 4 nitrogen and oxygen atoms in total. The third-order valence-corrected chi connectivity index (χ3v) is 3.65. The van der Waals surface area contributed by atoms with Gasteiger partial charge in [-0.15, -0.1) is 0 Å². The van der Waals surface area contributed by atoms with Crippen molar-refractivity contribution in [1.82, 2.24) is 4.98 Å². The molecule has 0 spiro atoms. The topological polar surface area (TPSA) is 51.2 Å². The quantitative estimate of drug-likeness (QED) is 0.878. The Morgan fingerprint density at radius 2 is 2.35 bits per heavy atom. The average molecular weight is 253 g/mol. The Kier molecular flexibility index (Phi) is 2.76. The fourth-order valence-corrected chi connectivity index (χ4v) is 2.69. The molecule has 0 aliphatic carbocycles. The Balaban J connectivity index is 1.65. The van der Waals surface area contributed by atoms with E-state index in [1.165, 1.54) is 6.20 Å². The zero-order valence-electron chi connectivity index (χ0n) is 9.23. The Bertz CT molecular complexity index is 435. The summed E-state index contributed by atoms with van der Waals surface area (Å²) >= 11 is 5.73. The molecular weight excluding hydrogens is 240 g/mol. The highest BCUT2D eigenvalue weighted by molar-refractivity contribution is 6.30. The summed E-state index contributed by atoms with van der Waals surface area (Å²) in [6, 6.07) is 3.41. The summed E-state index contributed by atoms with van der Waals surface area (Å²) in [5, 5.41) is 3.37.